The van der Waals surface area contributed by atoms with Crippen molar-refractivity contribution in [2.24, 2.45) is 0 Å². The standard InChI is InChI=1S/C18H14.CH4O/c1-3-7-15(8-4-1)17-11-13-18(14-12-17)16-9-5-2-6-10-16;1-2/h1-14H;2H,1H3. The van der Waals surface area contributed by atoms with Crippen LogP contribution in [0, 0.1) is 0 Å². The van der Waals surface area contributed by atoms with E-state index < -0.39 is 0 Å². The molecule has 100 valence electrons. The minimum Gasteiger partial charge on any atom is -0.400 e. The number of hydrogen-bond donors (Lipinski definition) is 1. The van der Waals surface area contributed by atoms with Gasteiger partial charge in [0.15, 0.2) is 0 Å². The van der Waals surface area contributed by atoms with Crippen LogP contribution < -0.4 is 0 Å². The second kappa shape index (κ2) is 7.27. The van der Waals surface area contributed by atoms with Gasteiger partial charge in [0.25, 0.3) is 0 Å². The Labute approximate surface area is 120 Å². The lowest BCUT2D eigenvalue weighted by Crippen LogP contribution is -1.79. The molecule has 0 saturated heterocycles. The first kappa shape index (κ1) is 14.0. The van der Waals surface area contributed by atoms with Crippen molar-refractivity contribution in [3.63, 3.8) is 0 Å². The number of aliphatic hydroxyl groups is 1. The summed E-state index contributed by atoms with van der Waals surface area (Å²) in [4.78, 5) is 0. The zero-order valence-electron chi connectivity index (χ0n) is 11.5. The molecule has 0 aromatic heterocycles. The first-order chi connectivity index (χ1) is 9.93. The second-order valence-corrected chi connectivity index (χ2v) is 4.31. The lowest BCUT2D eigenvalue weighted by Gasteiger charge is -2.04. The van der Waals surface area contributed by atoms with E-state index in [9.17, 15) is 0 Å². The van der Waals surface area contributed by atoms with E-state index in [0.717, 1.165) is 7.11 Å². The van der Waals surface area contributed by atoms with E-state index in [4.69, 9.17) is 5.11 Å². The largest absolute Gasteiger partial charge is 0.400 e. The third kappa shape index (κ3) is 3.34. The normalized spacial score (nSPS) is 9.50. The first-order valence-electron chi connectivity index (χ1n) is 6.59. The summed E-state index contributed by atoms with van der Waals surface area (Å²) in [5, 5.41) is 7.00. The quantitative estimate of drug-likeness (QED) is 0.714. The summed E-state index contributed by atoms with van der Waals surface area (Å²) in [6, 6.07) is 29.6. The van der Waals surface area contributed by atoms with Gasteiger partial charge in [0.05, 0.1) is 0 Å². The maximum absolute atomic E-state index is 7.00. The molecular formula is C19H18O. The van der Waals surface area contributed by atoms with Crippen LogP contribution in [-0.4, -0.2) is 12.2 Å². The van der Waals surface area contributed by atoms with Crippen LogP contribution in [0.25, 0.3) is 22.3 Å². The number of aliphatic hydroxyl groups excluding tert-OH is 1. The summed E-state index contributed by atoms with van der Waals surface area (Å²) in [7, 11) is 1.00. The predicted octanol–water partition coefficient (Wildman–Crippen LogP) is 4.63. The van der Waals surface area contributed by atoms with E-state index in [2.05, 4.69) is 72.8 Å². The fourth-order valence-electron chi connectivity index (χ4n) is 2.12. The topological polar surface area (TPSA) is 20.2 Å². The zero-order chi connectivity index (χ0) is 14.2. The van der Waals surface area contributed by atoms with Crippen molar-refractivity contribution in [1.29, 1.82) is 0 Å². The van der Waals surface area contributed by atoms with Crippen molar-refractivity contribution in [2.75, 3.05) is 7.11 Å². The highest BCUT2D eigenvalue weighted by atomic mass is 16.2. The molecular weight excluding hydrogens is 244 g/mol. The molecule has 0 aliphatic heterocycles. The Morgan fingerprint density at radius 2 is 0.650 bits per heavy atom. The zero-order valence-corrected chi connectivity index (χ0v) is 11.5. The van der Waals surface area contributed by atoms with Gasteiger partial charge in [-0.1, -0.05) is 84.9 Å². The van der Waals surface area contributed by atoms with E-state index in [1.54, 1.807) is 0 Å². The van der Waals surface area contributed by atoms with Crippen molar-refractivity contribution in [3.8, 4) is 22.3 Å². The van der Waals surface area contributed by atoms with Gasteiger partial charge in [-0.05, 0) is 22.3 Å². The summed E-state index contributed by atoms with van der Waals surface area (Å²) < 4.78 is 0. The van der Waals surface area contributed by atoms with Gasteiger partial charge in [0.2, 0.25) is 0 Å². The van der Waals surface area contributed by atoms with Gasteiger partial charge in [0, 0.05) is 7.11 Å². The van der Waals surface area contributed by atoms with Crippen LogP contribution in [0.2, 0.25) is 0 Å². The summed E-state index contributed by atoms with van der Waals surface area (Å²) in [5.41, 5.74) is 5.04. The average Bonchev–Trinajstić information content (AvgIpc) is 2.58. The van der Waals surface area contributed by atoms with Gasteiger partial charge in [-0.25, -0.2) is 0 Å². The smallest absolute Gasteiger partial charge is 0.0319 e. The maximum atomic E-state index is 7.00. The molecule has 0 saturated carbocycles. The molecule has 0 spiro atoms. The Kier molecular flexibility index (Phi) is 5.10. The third-order valence-electron chi connectivity index (χ3n) is 3.10. The van der Waals surface area contributed by atoms with E-state index in [-0.39, 0.29) is 0 Å². The summed E-state index contributed by atoms with van der Waals surface area (Å²) in [6.07, 6.45) is 0. The lowest BCUT2D eigenvalue weighted by atomic mass is 10.0. The summed E-state index contributed by atoms with van der Waals surface area (Å²) >= 11 is 0. The van der Waals surface area contributed by atoms with Gasteiger partial charge in [-0.3, -0.25) is 0 Å². The fourth-order valence-corrected chi connectivity index (χ4v) is 2.12. The van der Waals surface area contributed by atoms with Crippen molar-refractivity contribution in [1.82, 2.24) is 0 Å². The molecule has 0 amide bonds. The Bertz CT molecular complexity index is 554. The molecule has 0 atom stereocenters. The second-order valence-electron chi connectivity index (χ2n) is 4.31. The Morgan fingerprint density at radius 3 is 0.950 bits per heavy atom. The number of hydrogen-bond acceptors (Lipinski definition) is 1. The predicted molar refractivity (Wildman–Crippen MR) is 85.5 cm³/mol. The van der Waals surface area contributed by atoms with Gasteiger partial charge >= 0.3 is 0 Å². The molecule has 3 aromatic carbocycles. The molecule has 0 radical (unpaired) electrons. The molecule has 0 unspecified atom stereocenters. The Hall–Kier alpha value is -2.38. The molecule has 1 heteroatoms. The van der Waals surface area contributed by atoms with Crippen LogP contribution in [0.15, 0.2) is 84.9 Å². The highest BCUT2D eigenvalue weighted by molar-refractivity contribution is 5.70. The third-order valence-corrected chi connectivity index (χ3v) is 3.10. The van der Waals surface area contributed by atoms with Crippen LogP contribution in [0.1, 0.15) is 0 Å². The molecule has 0 heterocycles. The lowest BCUT2D eigenvalue weighted by molar-refractivity contribution is 0.399. The molecule has 20 heavy (non-hydrogen) atoms. The molecule has 0 aliphatic rings. The van der Waals surface area contributed by atoms with Crippen molar-refractivity contribution < 1.29 is 5.11 Å². The molecule has 0 fully saturated rings. The average molecular weight is 262 g/mol. The van der Waals surface area contributed by atoms with Gasteiger partial charge in [-0.2, -0.15) is 0 Å². The van der Waals surface area contributed by atoms with Crippen LogP contribution in [0.5, 0.6) is 0 Å². The maximum Gasteiger partial charge on any atom is 0.0319 e. The monoisotopic (exact) mass is 262 g/mol. The summed E-state index contributed by atoms with van der Waals surface area (Å²) in [5.74, 6) is 0. The van der Waals surface area contributed by atoms with E-state index in [1.807, 2.05) is 12.1 Å². The van der Waals surface area contributed by atoms with E-state index in [1.165, 1.54) is 22.3 Å². The van der Waals surface area contributed by atoms with Crippen molar-refractivity contribution in [3.05, 3.63) is 84.9 Å². The van der Waals surface area contributed by atoms with Crippen LogP contribution >= 0.6 is 0 Å². The summed E-state index contributed by atoms with van der Waals surface area (Å²) in [6.45, 7) is 0. The Balaban J connectivity index is 0.000000704. The van der Waals surface area contributed by atoms with Gasteiger partial charge in [-0.15, -0.1) is 0 Å². The minimum atomic E-state index is 1.00. The molecule has 0 bridgehead atoms. The van der Waals surface area contributed by atoms with Crippen LogP contribution in [0.3, 0.4) is 0 Å². The van der Waals surface area contributed by atoms with E-state index in [0.29, 0.717) is 0 Å². The fraction of sp³-hybridized carbons (Fsp3) is 0.0526. The molecule has 3 rings (SSSR count). The Morgan fingerprint density at radius 1 is 0.400 bits per heavy atom. The number of rotatable bonds is 2. The number of benzene rings is 3. The van der Waals surface area contributed by atoms with E-state index >= 15 is 0 Å². The van der Waals surface area contributed by atoms with Crippen molar-refractivity contribution in [2.45, 2.75) is 0 Å². The first-order valence-corrected chi connectivity index (χ1v) is 6.59. The highest BCUT2D eigenvalue weighted by Gasteiger charge is 1.98. The van der Waals surface area contributed by atoms with Crippen LogP contribution in [-0.2, 0) is 0 Å². The minimum absolute atomic E-state index is 1.00. The molecule has 0 aliphatic carbocycles. The highest BCUT2D eigenvalue weighted by Crippen LogP contribution is 2.24. The SMILES string of the molecule is CO.c1ccc(-c2ccc(-c3ccccc3)cc2)cc1. The van der Waals surface area contributed by atoms with Crippen LogP contribution in [0.4, 0.5) is 0 Å². The molecule has 1 nitrogen and oxygen atoms in total. The van der Waals surface area contributed by atoms with Gasteiger partial charge in [0.1, 0.15) is 0 Å². The molecule has 3 aromatic rings. The van der Waals surface area contributed by atoms with Crippen molar-refractivity contribution >= 4 is 0 Å². The molecule has 1 N–H and O–H groups in total. The van der Waals surface area contributed by atoms with Gasteiger partial charge < -0.3 is 5.11 Å².